The third-order valence-corrected chi connectivity index (χ3v) is 4.63. The van der Waals surface area contributed by atoms with E-state index in [4.69, 9.17) is 9.52 Å². The van der Waals surface area contributed by atoms with E-state index in [2.05, 4.69) is 70.4 Å². The lowest BCUT2D eigenvalue weighted by Crippen LogP contribution is -2.36. The Hall–Kier alpha value is -3.09. The molecular formula is C22H30N6O. The number of hydrogen-bond donors (Lipinski definition) is 2. The van der Waals surface area contributed by atoms with Crippen molar-refractivity contribution in [3.05, 3.63) is 71.1 Å². The number of nitrogens with zero attached hydrogens (tertiary/aromatic N) is 4. The summed E-state index contributed by atoms with van der Waals surface area (Å²) >= 11 is 0. The minimum absolute atomic E-state index is 0.354. The van der Waals surface area contributed by atoms with Crippen LogP contribution in [0.2, 0.25) is 0 Å². The molecule has 29 heavy (non-hydrogen) atoms. The maximum Gasteiger partial charge on any atom is 0.191 e. The van der Waals surface area contributed by atoms with E-state index >= 15 is 0 Å². The van der Waals surface area contributed by atoms with Gasteiger partial charge in [0.2, 0.25) is 0 Å². The molecule has 0 radical (unpaired) electrons. The van der Waals surface area contributed by atoms with Gasteiger partial charge in [-0.3, -0.25) is 0 Å². The van der Waals surface area contributed by atoms with E-state index in [9.17, 15) is 0 Å². The van der Waals surface area contributed by atoms with Crippen molar-refractivity contribution in [2.24, 2.45) is 4.99 Å². The average molecular weight is 395 g/mol. The lowest BCUT2D eigenvalue weighted by Gasteiger charge is -2.10. The first-order valence-electron chi connectivity index (χ1n) is 10.1. The first kappa shape index (κ1) is 20.6. The molecule has 2 aromatic heterocycles. The molecule has 2 N–H and O–H groups in total. The lowest BCUT2D eigenvalue weighted by molar-refractivity contribution is 0.372. The molecule has 0 amide bonds. The number of aliphatic imine (C=N–C) groups is 1. The summed E-state index contributed by atoms with van der Waals surface area (Å²) in [4.78, 5) is 8.99. The van der Waals surface area contributed by atoms with Gasteiger partial charge in [-0.05, 0) is 30.9 Å². The molecule has 7 heteroatoms. The highest BCUT2D eigenvalue weighted by Crippen LogP contribution is 2.14. The van der Waals surface area contributed by atoms with E-state index in [1.54, 1.807) is 0 Å². The van der Waals surface area contributed by atoms with Crippen molar-refractivity contribution in [1.82, 2.24) is 25.3 Å². The van der Waals surface area contributed by atoms with E-state index in [0.717, 1.165) is 36.3 Å². The largest absolute Gasteiger partial charge is 0.359 e. The zero-order valence-electron chi connectivity index (χ0n) is 17.6. The molecule has 3 rings (SSSR count). The highest BCUT2D eigenvalue weighted by molar-refractivity contribution is 5.79. The Labute approximate surface area is 172 Å². The fourth-order valence-corrected chi connectivity index (χ4v) is 2.96. The van der Waals surface area contributed by atoms with Gasteiger partial charge < -0.3 is 19.7 Å². The molecule has 3 aromatic rings. The van der Waals surface area contributed by atoms with Crippen LogP contribution in [0.25, 0.3) is 0 Å². The van der Waals surface area contributed by atoms with Crippen molar-refractivity contribution < 1.29 is 4.52 Å². The Morgan fingerprint density at radius 2 is 2.03 bits per heavy atom. The van der Waals surface area contributed by atoms with E-state index in [-0.39, 0.29) is 0 Å². The molecule has 0 fully saturated rings. The number of imidazole rings is 1. The lowest BCUT2D eigenvalue weighted by atomic mass is 10.1. The Morgan fingerprint density at radius 1 is 1.21 bits per heavy atom. The van der Waals surface area contributed by atoms with Gasteiger partial charge in [-0.2, -0.15) is 0 Å². The fraction of sp³-hybridized carbons (Fsp3) is 0.409. The molecule has 7 nitrogen and oxygen atoms in total. The number of aromatic nitrogens is 3. The fourth-order valence-electron chi connectivity index (χ4n) is 2.96. The highest BCUT2D eigenvalue weighted by atomic mass is 16.5. The van der Waals surface area contributed by atoms with Gasteiger partial charge in [-0.25, -0.2) is 9.98 Å². The second kappa shape index (κ2) is 9.91. The Bertz CT molecular complexity index is 940. The molecular weight excluding hydrogens is 364 g/mol. The molecule has 0 bridgehead atoms. The summed E-state index contributed by atoms with van der Waals surface area (Å²) in [6.07, 6.45) is 3.83. The van der Waals surface area contributed by atoms with Crippen molar-refractivity contribution in [3.8, 4) is 0 Å². The van der Waals surface area contributed by atoms with Crippen LogP contribution in [-0.4, -0.2) is 27.2 Å². The van der Waals surface area contributed by atoms with E-state index < -0.39 is 0 Å². The molecule has 0 atom stereocenters. The van der Waals surface area contributed by atoms with Gasteiger partial charge >= 0.3 is 0 Å². The van der Waals surface area contributed by atoms with Gasteiger partial charge in [0.15, 0.2) is 11.7 Å². The maximum absolute atomic E-state index is 5.39. The summed E-state index contributed by atoms with van der Waals surface area (Å²) in [5, 5.41) is 10.7. The predicted molar refractivity (Wildman–Crippen MR) is 115 cm³/mol. The monoisotopic (exact) mass is 394 g/mol. The molecule has 0 saturated heterocycles. The standard InChI is InChI=1S/C22H30N6O/c1-5-23-22(26-14-20-12-21(16(2)3)27-29-20)25-13-18-7-6-8-19(11-18)15-28-10-9-24-17(28)4/h6-12,16H,5,13-15H2,1-4H3,(H2,23,25,26). The van der Waals surface area contributed by atoms with Crippen LogP contribution in [0.3, 0.4) is 0 Å². The van der Waals surface area contributed by atoms with Crippen LogP contribution in [0, 0.1) is 6.92 Å². The van der Waals surface area contributed by atoms with Crippen molar-refractivity contribution >= 4 is 5.96 Å². The van der Waals surface area contributed by atoms with Crippen molar-refractivity contribution in [1.29, 1.82) is 0 Å². The van der Waals surface area contributed by atoms with E-state index in [1.165, 1.54) is 11.1 Å². The quantitative estimate of drug-likeness (QED) is 0.451. The topological polar surface area (TPSA) is 80.3 Å². The summed E-state index contributed by atoms with van der Waals surface area (Å²) in [5.41, 5.74) is 3.37. The van der Waals surface area contributed by atoms with E-state index in [0.29, 0.717) is 19.0 Å². The Kier molecular flexibility index (Phi) is 7.05. The summed E-state index contributed by atoms with van der Waals surface area (Å²) in [6.45, 7) is 11.0. The summed E-state index contributed by atoms with van der Waals surface area (Å²) in [6, 6.07) is 10.5. The molecule has 0 aliphatic carbocycles. The van der Waals surface area contributed by atoms with Crippen LogP contribution in [-0.2, 0) is 19.6 Å². The molecule has 0 unspecified atom stereocenters. The molecule has 0 spiro atoms. The van der Waals surface area contributed by atoms with Crippen LogP contribution < -0.4 is 10.6 Å². The van der Waals surface area contributed by atoms with Crippen molar-refractivity contribution in [2.45, 2.75) is 53.2 Å². The molecule has 2 heterocycles. The Morgan fingerprint density at radius 3 is 2.72 bits per heavy atom. The first-order valence-corrected chi connectivity index (χ1v) is 10.1. The molecule has 0 aliphatic rings. The number of guanidine groups is 1. The highest BCUT2D eigenvalue weighted by Gasteiger charge is 2.08. The smallest absolute Gasteiger partial charge is 0.191 e. The minimum atomic E-state index is 0.354. The van der Waals surface area contributed by atoms with Crippen LogP contribution in [0.15, 0.2) is 52.2 Å². The normalized spacial score (nSPS) is 11.8. The molecule has 154 valence electrons. The predicted octanol–water partition coefficient (Wildman–Crippen LogP) is 3.61. The van der Waals surface area contributed by atoms with Crippen molar-refractivity contribution in [2.75, 3.05) is 6.54 Å². The SMILES string of the molecule is CCNC(=NCc1cccc(Cn2ccnc2C)c1)NCc1cc(C(C)C)no1. The van der Waals surface area contributed by atoms with Crippen LogP contribution in [0.5, 0.6) is 0 Å². The second-order valence-corrected chi connectivity index (χ2v) is 7.34. The third-order valence-electron chi connectivity index (χ3n) is 4.63. The average Bonchev–Trinajstić information content (AvgIpc) is 3.34. The van der Waals surface area contributed by atoms with Gasteiger partial charge in [-0.15, -0.1) is 0 Å². The number of hydrogen-bond acceptors (Lipinski definition) is 4. The summed E-state index contributed by atoms with van der Waals surface area (Å²) < 4.78 is 7.53. The minimum Gasteiger partial charge on any atom is -0.359 e. The number of nitrogens with one attached hydrogen (secondary N) is 2. The summed E-state index contributed by atoms with van der Waals surface area (Å²) in [7, 11) is 0. The van der Waals surface area contributed by atoms with Crippen LogP contribution in [0.1, 0.15) is 55.1 Å². The van der Waals surface area contributed by atoms with Gasteiger partial charge in [0.25, 0.3) is 0 Å². The zero-order valence-corrected chi connectivity index (χ0v) is 17.6. The number of rotatable bonds is 8. The van der Waals surface area contributed by atoms with Gasteiger partial charge in [0, 0.05) is 31.5 Å². The van der Waals surface area contributed by atoms with E-state index in [1.807, 2.05) is 25.4 Å². The maximum atomic E-state index is 5.39. The molecule has 0 aliphatic heterocycles. The second-order valence-electron chi connectivity index (χ2n) is 7.34. The first-order chi connectivity index (χ1) is 14.0. The number of benzene rings is 1. The Balaban J connectivity index is 1.61. The number of aryl methyl sites for hydroxylation is 1. The van der Waals surface area contributed by atoms with Gasteiger partial charge in [0.1, 0.15) is 5.82 Å². The van der Waals surface area contributed by atoms with Crippen molar-refractivity contribution in [3.63, 3.8) is 0 Å². The molecule has 0 saturated carbocycles. The zero-order chi connectivity index (χ0) is 20.6. The molecule has 1 aromatic carbocycles. The third kappa shape index (κ3) is 5.94. The van der Waals surface area contributed by atoms with Gasteiger partial charge in [0.05, 0.1) is 18.8 Å². The summed E-state index contributed by atoms with van der Waals surface area (Å²) in [5.74, 6) is 2.93. The van der Waals surface area contributed by atoms with Gasteiger partial charge in [-0.1, -0.05) is 43.3 Å². The van der Waals surface area contributed by atoms with Crippen LogP contribution >= 0.6 is 0 Å². The van der Waals surface area contributed by atoms with Crippen LogP contribution in [0.4, 0.5) is 0 Å².